The highest BCUT2D eigenvalue weighted by atomic mass is 14.6. The monoisotopic (exact) mass is 410 g/mol. The average molecular weight is 411 g/mol. The van der Waals surface area contributed by atoms with Crippen LogP contribution in [0.1, 0.15) is 119 Å². The fraction of sp³-hybridized carbons (Fsp3) is 0.867. The topological polar surface area (TPSA) is 0 Å². The number of allylic oxidation sites excluding steroid dienone is 2. The number of fused-ring (bicyclic) bond motifs is 2. The zero-order valence-corrected chi connectivity index (χ0v) is 21.2. The molecular formula is C30H50. The summed E-state index contributed by atoms with van der Waals surface area (Å²) in [7, 11) is 0. The summed E-state index contributed by atoms with van der Waals surface area (Å²) in [5, 5.41) is 0. The van der Waals surface area contributed by atoms with E-state index < -0.39 is 0 Å². The molecule has 4 fully saturated rings. The van der Waals surface area contributed by atoms with Gasteiger partial charge in [0.25, 0.3) is 0 Å². The van der Waals surface area contributed by atoms with Crippen LogP contribution in [0.25, 0.3) is 0 Å². The predicted octanol–water partition coefficient (Wildman–Crippen LogP) is 9.36. The van der Waals surface area contributed by atoms with Gasteiger partial charge in [0, 0.05) is 0 Å². The van der Waals surface area contributed by atoms with Gasteiger partial charge < -0.3 is 0 Å². The fourth-order valence-corrected chi connectivity index (χ4v) is 9.95. The lowest BCUT2D eigenvalue weighted by Gasteiger charge is -2.60. The van der Waals surface area contributed by atoms with Crippen molar-refractivity contribution in [3.05, 3.63) is 24.3 Å². The van der Waals surface area contributed by atoms with E-state index >= 15 is 0 Å². The van der Waals surface area contributed by atoms with Gasteiger partial charge in [-0.05, 0) is 110 Å². The van der Waals surface area contributed by atoms with E-state index in [2.05, 4.69) is 54.7 Å². The van der Waals surface area contributed by atoms with Crippen LogP contribution in [-0.2, 0) is 0 Å². The smallest absolute Gasteiger partial charge is 0.0149 e. The van der Waals surface area contributed by atoms with E-state index in [0.717, 1.165) is 23.7 Å². The van der Waals surface area contributed by atoms with Crippen molar-refractivity contribution in [3.8, 4) is 0 Å². The normalized spacial score (nSPS) is 45.5. The molecule has 0 aromatic rings. The molecule has 0 N–H and O–H groups in total. The Bertz CT molecular complexity index is 633. The Kier molecular flexibility index (Phi) is 5.68. The van der Waals surface area contributed by atoms with Gasteiger partial charge in [-0.3, -0.25) is 0 Å². The van der Waals surface area contributed by atoms with Crippen LogP contribution < -0.4 is 0 Å². The van der Waals surface area contributed by atoms with Crippen molar-refractivity contribution in [2.24, 2.45) is 45.3 Å². The van der Waals surface area contributed by atoms with Gasteiger partial charge in [-0.1, -0.05) is 78.7 Å². The maximum absolute atomic E-state index is 4.66. The molecular weight excluding hydrogens is 360 g/mol. The Labute approximate surface area is 188 Å². The first kappa shape index (κ1) is 22.7. The minimum atomic E-state index is 0.471. The van der Waals surface area contributed by atoms with Gasteiger partial charge in [-0.2, -0.15) is 0 Å². The second-order valence-corrected chi connectivity index (χ2v) is 13.9. The van der Waals surface area contributed by atoms with Gasteiger partial charge in [-0.15, -0.1) is 0 Å². The zero-order valence-electron chi connectivity index (χ0n) is 21.2. The first-order valence-corrected chi connectivity index (χ1v) is 13.3. The Morgan fingerprint density at radius 1 is 0.633 bits per heavy atom. The lowest BCUT2D eigenvalue weighted by Crippen LogP contribution is -2.51. The van der Waals surface area contributed by atoms with Crippen LogP contribution in [0.2, 0.25) is 0 Å². The molecule has 0 aromatic heterocycles. The van der Waals surface area contributed by atoms with Gasteiger partial charge in [0.1, 0.15) is 0 Å². The van der Waals surface area contributed by atoms with Crippen LogP contribution in [-0.4, -0.2) is 0 Å². The van der Waals surface area contributed by atoms with Crippen molar-refractivity contribution in [2.75, 3.05) is 0 Å². The Hall–Kier alpha value is -0.520. The quantitative estimate of drug-likeness (QED) is 0.406. The molecule has 0 radical (unpaired) electrons. The molecule has 6 atom stereocenters. The molecule has 0 spiro atoms. The summed E-state index contributed by atoms with van der Waals surface area (Å²) in [6, 6.07) is 0. The van der Waals surface area contributed by atoms with E-state index in [1.165, 1.54) is 77.0 Å². The third-order valence-electron chi connectivity index (χ3n) is 11.4. The highest BCUT2D eigenvalue weighted by Crippen LogP contribution is 2.64. The number of hydrogen-bond donors (Lipinski definition) is 0. The maximum atomic E-state index is 4.66. The molecule has 4 saturated carbocycles. The molecule has 4 rings (SSSR count). The van der Waals surface area contributed by atoms with Crippen molar-refractivity contribution in [3.63, 3.8) is 0 Å². The molecule has 6 unspecified atom stereocenters. The molecule has 4 aliphatic carbocycles. The summed E-state index contributed by atoms with van der Waals surface area (Å²) in [4.78, 5) is 0. The van der Waals surface area contributed by atoms with E-state index in [0.29, 0.717) is 21.7 Å². The standard InChI is InChI=1S/C30H50/c1-21-11-15-25-27(3,4)17-9-19-29(25,7)23(21)13-14-24-22(2)12-16-26-28(5,6)18-10-20-30(24,26)8/h23-26H,1-2,9-20H2,3-8H3. The molecule has 0 aliphatic heterocycles. The van der Waals surface area contributed by atoms with E-state index in [1.807, 2.05) is 0 Å². The van der Waals surface area contributed by atoms with Crippen LogP contribution in [0.5, 0.6) is 0 Å². The van der Waals surface area contributed by atoms with Gasteiger partial charge in [0.15, 0.2) is 0 Å². The second kappa shape index (κ2) is 7.52. The molecule has 4 aliphatic rings. The largest absolute Gasteiger partial charge is 0.0996 e. The van der Waals surface area contributed by atoms with Crippen molar-refractivity contribution in [2.45, 2.75) is 119 Å². The third kappa shape index (κ3) is 3.47. The maximum Gasteiger partial charge on any atom is -0.0149 e. The van der Waals surface area contributed by atoms with E-state index in [1.54, 1.807) is 11.1 Å². The van der Waals surface area contributed by atoms with Crippen molar-refractivity contribution < 1.29 is 0 Å². The molecule has 30 heavy (non-hydrogen) atoms. The van der Waals surface area contributed by atoms with Crippen molar-refractivity contribution in [1.82, 2.24) is 0 Å². The highest BCUT2D eigenvalue weighted by molar-refractivity contribution is 5.19. The minimum absolute atomic E-state index is 0.471. The Morgan fingerprint density at radius 2 is 1.00 bits per heavy atom. The number of rotatable bonds is 3. The van der Waals surface area contributed by atoms with E-state index in [4.69, 9.17) is 0 Å². The first-order valence-electron chi connectivity index (χ1n) is 13.3. The second-order valence-electron chi connectivity index (χ2n) is 13.9. The summed E-state index contributed by atoms with van der Waals surface area (Å²) in [6.45, 7) is 24.8. The van der Waals surface area contributed by atoms with Crippen LogP contribution in [0.4, 0.5) is 0 Å². The summed E-state index contributed by atoms with van der Waals surface area (Å²) in [6.07, 6.45) is 16.5. The number of hydrogen-bond acceptors (Lipinski definition) is 0. The lowest BCUT2D eigenvalue weighted by atomic mass is 9.45. The molecule has 0 aromatic carbocycles. The molecule has 0 nitrogen and oxygen atoms in total. The third-order valence-corrected chi connectivity index (χ3v) is 11.4. The minimum Gasteiger partial charge on any atom is -0.0996 e. The average Bonchev–Trinajstić information content (AvgIpc) is 2.61. The molecule has 0 saturated heterocycles. The first-order chi connectivity index (χ1) is 13.9. The van der Waals surface area contributed by atoms with E-state index in [-0.39, 0.29) is 0 Å². The van der Waals surface area contributed by atoms with Crippen molar-refractivity contribution in [1.29, 1.82) is 0 Å². The zero-order chi connectivity index (χ0) is 21.9. The van der Waals surface area contributed by atoms with E-state index in [9.17, 15) is 0 Å². The summed E-state index contributed by atoms with van der Waals surface area (Å²) >= 11 is 0. The van der Waals surface area contributed by atoms with Crippen molar-refractivity contribution >= 4 is 0 Å². The van der Waals surface area contributed by atoms with Gasteiger partial charge in [0.2, 0.25) is 0 Å². The molecule has 0 amide bonds. The van der Waals surface area contributed by atoms with Crippen LogP contribution >= 0.6 is 0 Å². The molecule has 0 bridgehead atoms. The lowest BCUT2D eigenvalue weighted by molar-refractivity contribution is -0.0702. The SMILES string of the molecule is C=C1CCC2C(C)(C)CCCC2(C)C1CCC1C(=C)CCC2C(C)(C)CCCC12C. The Balaban J connectivity index is 1.56. The fourth-order valence-electron chi connectivity index (χ4n) is 9.95. The molecule has 170 valence electrons. The van der Waals surface area contributed by atoms with Crippen LogP contribution in [0, 0.1) is 45.3 Å². The predicted molar refractivity (Wildman–Crippen MR) is 131 cm³/mol. The van der Waals surface area contributed by atoms with Gasteiger partial charge in [-0.25, -0.2) is 0 Å². The Morgan fingerprint density at radius 3 is 1.37 bits per heavy atom. The summed E-state index contributed by atoms with van der Waals surface area (Å²) in [5.41, 5.74) is 5.12. The molecule has 0 heteroatoms. The highest BCUT2D eigenvalue weighted by Gasteiger charge is 2.55. The molecule has 0 heterocycles. The summed E-state index contributed by atoms with van der Waals surface area (Å²) in [5.74, 6) is 3.20. The van der Waals surface area contributed by atoms with Crippen LogP contribution in [0.3, 0.4) is 0 Å². The van der Waals surface area contributed by atoms with Gasteiger partial charge in [0.05, 0.1) is 0 Å². The van der Waals surface area contributed by atoms with Crippen LogP contribution in [0.15, 0.2) is 24.3 Å². The van der Waals surface area contributed by atoms with Gasteiger partial charge >= 0.3 is 0 Å². The summed E-state index contributed by atoms with van der Waals surface area (Å²) < 4.78 is 0.